The van der Waals surface area contributed by atoms with E-state index in [-0.39, 0.29) is 6.61 Å². The molecule has 0 aliphatic rings. The van der Waals surface area contributed by atoms with E-state index in [0.29, 0.717) is 16.6 Å². The second kappa shape index (κ2) is 6.78. The van der Waals surface area contributed by atoms with Gasteiger partial charge in [0.1, 0.15) is 12.4 Å². The minimum absolute atomic E-state index is 0.257. The maximum absolute atomic E-state index is 5.80. The lowest BCUT2D eigenvalue weighted by atomic mass is 10.3. The number of hydrazine groups is 1. The first-order valence-corrected chi connectivity index (χ1v) is 6.13. The Balaban J connectivity index is 2.00. The van der Waals surface area contributed by atoms with Gasteiger partial charge in [-0.25, -0.2) is 10.8 Å². The second-order valence-electron chi connectivity index (χ2n) is 3.78. The third-order valence-electron chi connectivity index (χ3n) is 2.38. The average molecular weight is 276 g/mol. The van der Waals surface area contributed by atoms with Crippen molar-refractivity contribution >= 4 is 23.1 Å². The summed E-state index contributed by atoms with van der Waals surface area (Å²) in [5, 5.41) is 0.669. The molecule has 0 spiro atoms. The van der Waals surface area contributed by atoms with Gasteiger partial charge in [0.15, 0.2) is 5.84 Å². The molecule has 0 atom stereocenters. The van der Waals surface area contributed by atoms with Crippen LogP contribution >= 0.6 is 11.6 Å². The van der Waals surface area contributed by atoms with Crippen LogP contribution in [0.1, 0.15) is 0 Å². The van der Waals surface area contributed by atoms with Crippen molar-refractivity contribution in [3.63, 3.8) is 0 Å². The molecule has 5 heteroatoms. The molecule has 0 saturated carbocycles. The first kappa shape index (κ1) is 13.4. The Morgan fingerprint density at radius 2 is 1.79 bits per heavy atom. The molecular formula is C14H14ClN3O. The third kappa shape index (κ3) is 4.28. The zero-order chi connectivity index (χ0) is 13.5. The Morgan fingerprint density at radius 1 is 1.11 bits per heavy atom. The number of halogens is 1. The van der Waals surface area contributed by atoms with E-state index in [1.807, 2.05) is 30.3 Å². The first-order valence-electron chi connectivity index (χ1n) is 5.75. The largest absolute Gasteiger partial charge is 0.486 e. The molecule has 3 N–H and O–H groups in total. The number of benzene rings is 2. The number of hydrogen-bond donors (Lipinski definition) is 2. The van der Waals surface area contributed by atoms with Gasteiger partial charge in [-0.15, -0.1) is 0 Å². The number of nitrogens with two attached hydrogens (primary N) is 1. The van der Waals surface area contributed by atoms with Gasteiger partial charge in [0.2, 0.25) is 0 Å². The molecule has 19 heavy (non-hydrogen) atoms. The van der Waals surface area contributed by atoms with E-state index >= 15 is 0 Å². The van der Waals surface area contributed by atoms with Crippen LogP contribution in [0.2, 0.25) is 5.02 Å². The summed E-state index contributed by atoms with van der Waals surface area (Å²) < 4.78 is 5.55. The molecule has 0 saturated heterocycles. The Morgan fingerprint density at radius 3 is 2.42 bits per heavy atom. The number of aliphatic imine (C=N–C) groups is 1. The van der Waals surface area contributed by atoms with Gasteiger partial charge < -0.3 is 10.2 Å². The number of nitrogens with zero attached hydrogens (tertiary/aromatic N) is 1. The van der Waals surface area contributed by atoms with Crippen molar-refractivity contribution in [1.29, 1.82) is 0 Å². The molecule has 0 bridgehead atoms. The molecule has 98 valence electrons. The monoisotopic (exact) mass is 275 g/mol. The molecule has 0 radical (unpaired) electrons. The van der Waals surface area contributed by atoms with Gasteiger partial charge in [0, 0.05) is 5.02 Å². The molecule has 2 aromatic carbocycles. The van der Waals surface area contributed by atoms with E-state index in [2.05, 4.69) is 10.4 Å². The molecule has 4 nitrogen and oxygen atoms in total. The van der Waals surface area contributed by atoms with Crippen molar-refractivity contribution < 1.29 is 4.74 Å². The van der Waals surface area contributed by atoms with E-state index in [1.54, 1.807) is 24.3 Å². The highest BCUT2D eigenvalue weighted by Crippen LogP contribution is 2.15. The summed E-state index contributed by atoms with van der Waals surface area (Å²) in [4.78, 5) is 4.34. The highest BCUT2D eigenvalue weighted by atomic mass is 35.5. The summed E-state index contributed by atoms with van der Waals surface area (Å²) in [6.07, 6.45) is 0. The number of hydrogen-bond acceptors (Lipinski definition) is 3. The molecule has 0 amide bonds. The molecule has 0 aromatic heterocycles. The van der Waals surface area contributed by atoms with Crippen LogP contribution in [0, 0.1) is 0 Å². The van der Waals surface area contributed by atoms with E-state index in [1.165, 1.54) is 0 Å². The smallest absolute Gasteiger partial charge is 0.154 e. The SMILES string of the molecule is NNC(COc1ccc(Cl)cc1)=Nc1ccccc1. The van der Waals surface area contributed by atoms with Crippen LogP contribution in [-0.4, -0.2) is 12.4 Å². The quantitative estimate of drug-likeness (QED) is 0.390. The van der Waals surface area contributed by atoms with Gasteiger partial charge in [0.05, 0.1) is 5.69 Å². The van der Waals surface area contributed by atoms with Gasteiger partial charge >= 0.3 is 0 Å². The normalized spacial score (nSPS) is 11.2. The van der Waals surface area contributed by atoms with Gasteiger partial charge in [-0.3, -0.25) is 0 Å². The Labute approximate surface area is 116 Å². The van der Waals surface area contributed by atoms with Crippen LogP contribution in [-0.2, 0) is 0 Å². The molecule has 2 aromatic rings. The van der Waals surface area contributed by atoms with E-state index < -0.39 is 0 Å². The minimum atomic E-state index is 0.257. The van der Waals surface area contributed by atoms with Crippen LogP contribution in [0.25, 0.3) is 0 Å². The van der Waals surface area contributed by atoms with Crippen molar-refractivity contribution in [2.75, 3.05) is 6.61 Å². The van der Waals surface area contributed by atoms with Crippen molar-refractivity contribution in [3.05, 3.63) is 59.6 Å². The molecule has 0 aliphatic heterocycles. The molecule has 0 fully saturated rings. The number of ether oxygens (including phenoxy) is 1. The lowest BCUT2D eigenvalue weighted by molar-refractivity contribution is 0.372. The fraction of sp³-hybridized carbons (Fsp3) is 0.0714. The van der Waals surface area contributed by atoms with Crippen molar-refractivity contribution in [3.8, 4) is 5.75 Å². The van der Waals surface area contributed by atoms with Gasteiger partial charge in [-0.1, -0.05) is 29.8 Å². The van der Waals surface area contributed by atoms with Crippen molar-refractivity contribution in [2.45, 2.75) is 0 Å². The summed E-state index contributed by atoms with van der Waals surface area (Å²) in [6.45, 7) is 0.257. The summed E-state index contributed by atoms with van der Waals surface area (Å²) in [5.41, 5.74) is 3.35. The fourth-order valence-corrected chi connectivity index (χ4v) is 1.57. The number of para-hydroxylation sites is 1. The standard InChI is InChI=1S/C14H14ClN3O/c15-11-6-8-13(9-7-11)19-10-14(18-16)17-12-4-2-1-3-5-12/h1-9H,10,16H2,(H,17,18). The van der Waals surface area contributed by atoms with Crippen molar-refractivity contribution in [2.24, 2.45) is 10.8 Å². The summed E-state index contributed by atoms with van der Waals surface area (Å²) in [6, 6.07) is 16.6. The number of amidine groups is 1. The summed E-state index contributed by atoms with van der Waals surface area (Å²) in [7, 11) is 0. The Bertz CT molecular complexity index is 540. The maximum Gasteiger partial charge on any atom is 0.154 e. The average Bonchev–Trinajstić information content (AvgIpc) is 2.46. The van der Waals surface area contributed by atoms with Crippen molar-refractivity contribution in [1.82, 2.24) is 5.43 Å². The molecule has 0 unspecified atom stereocenters. The van der Waals surface area contributed by atoms with E-state index in [9.17, 15) is 0 Å². The lowest BCUT2D eigenvalue weighted by Gasteiger charge is -2.08. The second-order valence-corrected chi connectivity index (χ2v) is 4.22. The van der Waals surface area contributed by atoms with E-state index in [0.717, 1.165) is 5.69 Å². The Kier molecular flexibility index (Phi) is 4.78. The van der Waals surface area contributed by atoms with Gasteiger partial charge in [0.25, 0.3) is 0 Å². The topological polar surface area (TPSA) is 59.6 Å². The summed E-state index contributed by atoms with van der Waals surface area (Å²) >= 11 is 5.80. The molecule has 0 heterocycles. The number of rotatable bonds is 4. The lowest BCUT2D eigenvalue weighted by Crippen LogP contribution is -2.34. The van der Waals surface area contributed by atoms with Crippen LogP contribution in [0.3, 0.4) is 0 Å². The van der Waals surface area contributed by atoms with E-state index in [4.69, 9.17) is 22.2 Å². The molecular weight excluding hydrogens is 262 g/mol. The molecule has 2 rings (SSSR count). The minimum Gasteiger partial charge on any atom is -0.486 e. The molecule has 0 aliphatic carbocycles. The van der Waals surface area contributed by atoms with Crippen LogP contribution in [0.4, 0.5) is 5.69 Å². The predicted octanol–water partition coefficient (Wildman–Crippen LogP) is 2.91. The fourth-order valence-electron chi connectivity index (χ4n) is 1.45. The van der Waals surface area contributed by atoms with Crippen LogP contribution < -0.4 is 16.0 Å². The maximum atomic E-state index is 5.80. The Hall–Kier alpha value is -2.04. The third-order valence-corrected chi connectivity index (χ3v) is 2.63. The number of nitrogens with one attached hydrogen (secondary N) is 1. The zero-order valence-corrected chi connectivity index (χ0v) is 11.0. The highest BCUT2D eigenvalue weighted by Gasteiger charge is 2.00. The van der Waals surface area contributed by atoms with Gasteiger partial charge in [-0.05, 0) is 36.4 Å². The zero-order valence-electron chi connectivity index (χ0n) is 10.2. The predicted molar refractivity (Wildman–Crippen MR) is 77.8 cm³/mol. The van der Waals surface area contributed by atoms with Crippen LogP contribution in [0.15, 0.2) is 59.6 Å². The van der Waals surface area contributed by atoms with Crippen LogP contribution in [0.5, 0.6) is 5.75 Å². The highest BCUT2D eigenvalue weighted by molar-refractivity contribution is 6.30. The first-order chi connectivity index (χ1) is 9.28. The summed E-state index contributed by atoms with van der Waals surface area (Å²) in [5.74, 6) is 6.68. The van der Waals surface area contributed by atoms with Gasteiger partial charge in [-0.2, -0.15) is 0 Å².